The lowest BCUT2D eigenvalue weighted by atomic mass is 9.77. The Morgan fingerprint density at radius 3 is 1.98 bits per heavy atom. The molecule has 5 heterocycles. The summed E-state index contributed by atoms with van der Waals surface area (Å²) in [6.07, 6.45) is 3.83. The molecule has 1 aliphatic heterocycles. The van der Waals surface area contributed by atoms with Crippen molar-refractivity contribution < 1.29 is 9.31 Å². The van der Waals surface area contributed by atoms with Gasteiger partial charge in [0.25, 0.3) is 0 Å². The van der Waals surface area contributed by atoms with E-state index < -0.39 is 18.3 Å². The number of fused-ring (bicyclic) bond motifs is 2. The van der Waals surface area contributed by atoms with E-state index in [1.165, 1.54) is 0 Å². The number of hydrogen-bond acceptors (Lipinski definition) is 6. The molecule has 0 bridgehead atoms. The minimum absolute atomic E-state index is 0.482. The standard InChI is InChI=1S/C42H35BN6O2/c1-41(2)42(3,4)51-43(50-41)34-25-32(24-33(26-34)38-46-37-22-21-31(27-48(37)47-38)28-12-7-5-8-13-28)29-17-19-30(20-18-29)39-45-36-16-11-23-44-40(36)49(39)35-14-9-6-10-15-35/h5-27H,1-4H3. The first-order valence-electron chi connectivity index (χ1n) is 17.2. The van der Waals surface area contributed by atoms with Gasteiger partial charge in [-0.15, -0.1) is 5.10 Å². The second-order valence-corrected chi connectivity index (χ2v) is 14.0. The monoisotopic (exact) mass is 666 g/mol. The van der Waals surface area contributed by atoms with E-state index in [9.17, 15) is 0 Å². The summed E-state index contributed by atoms with van der Waals surface area (Å²) in [5.74, 6) is 1.46. The number of aromatic nitrogens is 6. The van der Waals surface area contributed by atoms with Crippen LogP contribution in [0, 0.1) is 0 Å². The molecule has 8 nitrogen and oxygen atoms in total. The van der Waals surface area contributed by atoms with Crippen LogP contribution in [-0.2, 0) is 9.31 Å². The molecule has 1 aliphatic rings. The van der Waals surface area contributed by atoms with Gasteiger partial charge in [-0.1, -0.05) is 84.9 Å². The van der Waals surface area contributed by atoms with Crippen LogP contribution in [0.1, 0.15) is 27.7 Å². The third-order valence-corrected chi connectivity index (χ3v) is 10.1. The average Bonchev–Trinajstić information content (AvgIpc) is 3.83. The highest BCUT2D eigenvalue weighted by molar-refractivity contribution is 6.62. The molecule has 0 N–H and O–H groups in total. The maximum Gasteiger partial charge on any atom is 0.494 e. The minimum Gasteiger partial charge on any atom is -0.399 e. The zero-order chi connectivity index (χ0) is 34.7. The van der Waals surface area contributed by atoms with Crippen molar-refractivity contribution in [1.82, 2.24) is 29.1 Å². The lowest BCUT2D eigenvalue weighted by molar-refractivity contribution is 0.00578. The summed E-state index contributed by atoms with van der Waals surface area (Å²) >= 11 is 0. The van der Waals surface area contributed by atoms with E-state index in [0.717, 1.165) is 67.2 Å². The predicted octanol–water partition coefficient (Wildman–Crippen LogP) is 8.43. The Labute approximate surface area is 296 Å². The van der Waals surface area contributed by atoms with Gasteiger partial charge in [0.1, 0.15) is 11.3 Å². The van der Waals surface area contributed by atoms with Crippen LogP contribution in [0.2, 0.25) is 0 Å². The van der Waals surface area contributed by atoms with E-state index in [2.05, 4.69) is 110 Å². The SMILES string of the molecule is CC1(C)OB(c2cc(-c3ccc(-c4nc5cccnc5n4-c4ccccc4)cc3)cc(-c3nc4ccc(-c5ccccc5)cn4n3)c2)OC1(C)C. The van der Waals surface area contributed by atoms with Crippen LogP contribution in [0.4, 0.5) is 0 Å². The quantitative estimate of drug-likeness (QED) is 0.166. The average molecular weight is 667 g/mol. The highest BCUT2D eigenvalue weighted by atomic mass is 16.7. The Morgan fingerprint density at radius 1 is 0.588 bits per heavy atom. The Morgan fingerprint density at radius 2 is 1.24 bits per heavy atom. The minimum atomic E-state index is -0.548. The molecular weight excluding hydrogens is 631 g/mol. The van der Waals surface area contributed by atoms with Gasteiger partial charge in [-0.05, 0) is 92.3 Å². The van der Waals surface area contributed by atoms with Crippen molar-refractivity contribution in [3.05, 3.63) is 140 Å². The Bertz CT molecular complexity index is 2530. The highest BCUT2D eigenvalue weighted by Crippen LogP contribution is 2.38. The molecule has 0 amide bonds. The van der Waals surface area contributed by atoms with Crippen molar-refractivity contribution >= 4 is 29.4 Å². The summed E-state index contributed by atoms with van der Waals surface area (Å²) in [7, 11) is -0.548. The number of para-hydroxylation sites is 1. The third-order valence-electron chi connectivity index (χ3n) is 10.1. The van der Waals surface area contributed by atoms with E-state index in [1.807, 2.05) is 65.3 Å². The van der Waals surface area contributed by atoms with Gasteiger partial charge >= 0.3 is 7.12 Å². The first-order valence-corrected chi connectivity index (χ1v) is 17.2. The first-order chi connectivity index (χ1) is 24.7. The molecule has 0 spiro atoms. The van der Waals surface area contributed by atoms with Gasteiger partial charge in [0.2, 0.25) is 0 Å². The van der Waals surface area contributed by atoms with Crippen molar-refractivity contribution in [1.29, 1.82) is 0 Å². The molecule has 0 atom stereocenters. The fourth-order valence-electron chi connectivity index (χ4n) is 6.61. The van der Waals surface area contributed by atoms with E-state index in [1.54, 1.807) is 6.20 Å². The van der Waals surface area contributed by atoms with Crippen molar-refractivity contribution in [2.45, 2.75) is 38.9 Å². The normalized spacial score (nSPS) is 15.2. The van der Waals surface area contributed by atoms with Crippen LogP contribution in [0.15, 0.2) is 140 Å². The lowest BCUT2D eigenvalue weighted by Gasteiger charge is -2.32. The van der Waals surface area contributed by atoms with E-state index >= 15 is 0 Å². The Hall–Kier alpha value is -5.90. The molecule has 4 aromatic heterocycles. The zero-order valence-electron chi connectivity index (χ0n) is 28.9. The Kier molecular flexibility index (Phi) is 7.24. The summed E-state index contributed by atoms with van der Waals surface area (Å²) < 4.78 is 17.0. The molecule has 248 valence electrons. The van der Waals surface area contributed by atoms with Gasteiger partial charge < -0.3 is 9.31 Å². The molecule has 51 heavy (non-hydrogen) atoms. The van der Waals surface area contributed by atoms with Gasteiger partial charge in [-0.25, -0.2) is 19.5 Å². The molecule has 0 saturated carbocycles. The predicted molar refractivity (Wildman–Crippen MR) is 203 cm³/mol. The second kappa shape index (κ2) is 11.9. The summed E-state index contributed by atoms with van der Waals surface area (Å²) in [4.78, 5) is 14.6. The van der Waals surface area contributed by atoms with Crippen molar-refractivity contribution in [3.8, 4) is 50.7 Å². The number of imidazole rings is 1. The molecule has 1 fully saturated rings. The van der Waals surface area contributed by atoms with Gasteiger partial charge in [0.15, 0.2) is 17.1 Å². The maximum absolute atomic E-state index is 6.53. The zero-order valence-corrected chi connectivity index (χ0v) is 28.9. The summed E-state index contributed by atoms with van der Waals surface area (Å²) in [5, 5.41) is 4.95. The molecule has 0 radical (unpaired) electrons. The number of pyridine rings is 2. The van der Waals surface area contributed by atoms with Gasteiger partial charge in [0, 0.05) is 34.8 Å². The molecule has 0 unspecified atom stereocenters. The number of benzene rings is 4. The fourth-order valence-corrected chi connectivity index (χ4v) is 6.61. The fraction of sp³-hybridized carbons (Fsp3) is 0.143. The van der Waals surface area contributed by atoms with E-state index in [-0.39, 0.29) is 0 Å². The molecule has 0 aliphatic carbocycles. The summed E-state index contributed by atoms with van der Waals surface area (Å²) in [6.45, 7) is 8.29. The van der Waals surface area contributed by atoms with Gasteiger partial charge in [0.05, 0.1) is 11.2 Å². The topological polar surface area (TPSA) is 79.4 Å². The lowest BCUT2D eigenvalue weighted by Crippen LogP contribution is -2.41. The van der Waals surface area contributed by atoms with Crippen LogP contribution in [0.5, 0.6) is 0 Å². The molecule has 4 aromatic carbocycles. The van der Waals surface area contributed by atoms with Crippen molar-refractivity contribution in [2.24, 2.45) is 0 Å². The smallest absolute Gasteiger partial charge is 0.399 e. The summed E-state index contributed by atoms with van der Waals surface area (Å²) in [5.41, 5.74) is 9.49. The molecule has 8 aromatic rings. The van der Waals surface area contributed by atoms with Crippen LogP contribution in [0.3, 0.4) is 0 Å². The largest absolute Gasteiger partial charge is 0.494 e. The molecule has 1 saturated heterocycles. The Balaban J connectivity index is 1.14. The van der Waals surface area contributed by atoms with E-state index in [0.29, 0.717) is 5.82 Å². The third kappa shape index (κ3) is 5.51. The molecular formula is C42H35BN6O2. The molecule has 9 heteroatoms. The van der Waals surface area contributed by atoms with Crippen LogP contribution < -0.4 is 5.46 Å². The van der Waals surface area contributed by atoms with Crippen LogP contribution >= 0.6 is 0 Å². The van der Waals surface area contributed by atoms with Crippen LogP contribution in [0.25, 0.3) is 67.5 Å². The first kappa shape index (κ1) is 31.1. The highest BCUT2D eigenvalue weighted by Gasteiger charge is 2.51. The van der Waals surface area contributed by atoms with Crippen molar-refractivity contribution in [3.63, 3.8) is 0 Å². The van der Waals surface area contributed by atoms with E-state index in [4.69, 9.17) is 24.4 Å². The van der Waals surface area contributed by atoms with Gasteiger partial charge in [-0.3, -0.25) is 4.57 Å². The number of nitrogens with zero attached hydrogens (tertiary/aromatic N) is 6. The van der Waals surface area contributed by atoms with Crippen LogP contribution in [-0.4, -0.2) is 47.5 Å². The molecule has 9 rings (SSSR count). The van der Waals surface area contributed by atoms with Crippen molar-refractivity contribution in [2.75, 3.05) is 0 Å². The second-order valence-electron chi connectivity index (χ2n) is 14.0. The maximum atomic E-state index is 6.53. The number of rotatable bonds is 6. The van der Waals surface area contributed by atoms with Gasteiger partial charge in [-0.2, -0.15) is 0 Å². The summed E-state index contributed by atoms with van der Waals surface area (Å²) in [6, 6.07) is 43.4. The number of hydrogen-bond donors (Lipinski definition) is 0.